The summed E-state index contributed by atoms with van der Waals surface area (Å²) < 4.78 is 22.3. The summed E-state index contributed by atoms with van der Waals surface area (Å²) in [7, 11) is 0. The van der Waals surface area contributed by atoms with Crippen molar-refractivity contribution in [3.63, 3.8) is 0 Å². The summed E-state index contributed by atoms with van der Waals surface area (Å²) in [5.41, 5.74) is 4.28. The zero-order valence-electron chi connectivity index (χ0n) is 23.8. The van der Waals surface area contributed by atoms with Gasteiger partial charge in [-0.15, -0.1) is 5.10 Å². The second kappa shape index (κ2) is 11.3. The fraction of sp³-hybridized carbons (Fsp3) is 0.552. The number of aryl methyl sites for hydroxylation is 1. The molecule has 0 radical (unpaired) electrons. The van der Waals surface area contributed by atoms with Gasteiger partial charge in [0.15, 0.2) is 23.0 Å². The Balaban J connectivity index is 0.000000732. The van der Waals surface area contributed by atoms with Crippen LogP contribution in [0.3, 0.4) is 0 Å². The molecule has 3 heterocycles. The number of anilines is 1. The number of carboxylic acid groups (broad SMARTS) is 1. The lowest BCUT2D eigenvalue weighted by Crippen LogP contribution is -2.15. The Morgan fingerprint density at radius 2 is 1.84 bits per heavy atom. The summed E-state index contributed by atoms with van der Waals surface area (Å²) in [4.78, 5) is 16.3. The van der Waals surface area contributed by atoms with Gasteiger partial charge in [0.05, 0.1) is 24.3 Å². The molecule has 9 heteroatoms. The van der Waals surface area contributed by atoms with Gasteiger partial charge in [0.2, 0.25) is 0 Å². The second-order valence-corrected chi connectivity index (χ2v) is 12.1. The van der Waals surface area contributed by atoms with Crippen molar-refractivity contribution in [3.8, 4) is 17.0 Å². The maximum atomic E-state index is 15.1. The van der Waals surface area contributed by atoms with E-state index in [4.69, 9.17) is 14.9 Å². The Bertz CT molecular complexity index is 1310. The van der Waals surface area contributed by atoms with Crippen molar-refractivity contribution in [3.05, 3.63) is 40.3 Å². The fourth-order valence-corrected chi connectivity index (χ4v) is 4.35. The normalized spacial score (nSPS) is 13.4. The van der Waals surface area contributed by atoms with Crippen molar-refractivity contribution in [2.24, 2.45) is 5.41 Å². The molecule has 38 heavy (non-hydrogen) atoms. The van der Waals surface area contributed by atoms with Crippen LogP contribution in [0.15, 0.2) is 12.1 Å². The lowest BCUT2D eigenvalue weighted by molar-refractivity contribution is -0.136. The topological polar surface area (TPSA) is 109 Å². The zero-order chi connectivity index (χ0) is 28.4. The first kappa shape index (κ1) is 29.4. The molecule has 0 saturated carbocycles. The Morgan fingerprint density at radius 1 is 1.18 bits per heavy atom. The summed E-state index contributed by atoms with van der Waals surface area (Å²) in [6.07, 6.45) is 2.25. The number of hydrogen-bond acceptors (Lipinski definition) is 6. The van der Waals surface area contributed by atoms with Crippen molar-refractivity contribution in [2.45, 2.75) is 86.7 Å². The van der Waals surface area contributed by atoms with Gasteiger partial charge in [-0.2, -0.15) is 0 Å². The highest BCUT2D eigenvalue weighted by Crippen LogP contribution is 2.39. The first-order valence-corrected chi connectivity index (χ1v) is 13.1. The number of benzene rings is 1. The molecule has 0 atom stereocenters. The molecule has 208 valence electrons. The number of nitrogens with zero attached hydrogens (tertiary/aromatic N) is 3. The molecular formula is C29H41FN4O4. The molecule has 8 nitrogen and oxygen atoms in total. The first-order chi connectivity index (χ1) is 17.5. The van der Waals surface area contributed by atoms with Gasteiger partial charge in [0.1, 0.15) is 0 Å². The number of carbonyl (C=O) groups is 1. The van der Waals surface area contributed by atoms with Crippen LogP contribution in [0.5, 0.6) is 5.75 Å². The van der Waals surface area contributed by atoms with Crippen molar-refractivity contribution in [1.82, 2.24) is 14.6 Å². The standard InChI is InChI=1S/C25H31FN4O3.C4H10O/c1-14-16-7-6-10-33-24(16)19(26)11-17(14)23-18(12-22(31)32)15(2)28-21-13-20(29-30(21)23)27-9-8-25(3,4)5;1-4(2,3)5/h11,13H,6-10,12H2,1-5H3,(H,27,29)(H,31,32);5H,1-3H3. The quantitative estimate of drug-likeness (QED) is 0.375. The summed E-state index contributed by atoms with van der Waals surface area (Å²) in [5.74, 6) is -0.464. The lowest BCUT2D eigenvalue weighted by Gasteiger charge is -2.23. The monoisotopic (exact) mass is 528 g/mol. The predicted molar refractivity (Wildman–Crippen MR) is 148 cm³/mol. The van der Waals surface area contributed by atoms with Crippen LogP contribution in [-0.2, 0) is 17.6 Å². The van der Waals surface area contributed by atoms with Crippen LogP contribution < -0.4 is 10.1 Å². The number of nitrogens with one attached hydrogen (secondary N) is 1. The van der Waals surface area contributed by atoms with Crippen LogP contribution in [0, 0.1) is 25.1 Å². The predicted octanol–water partition coefficient (Wildman–Crippen LogP) is 5.73. The van der Waals surface area contributed by atoms with Crippen molar-refractivity contribution in [2.75, 3.05) is 18.5 Å². The number of hydrogen-bond donors (Lipinski definition) is 3. The van der Waals surface area contributed by atoms with Crippen LogP contribution in [-0.4, -0.2) is 49.5 Å². The van der Waals surface area contributed by atoms with Crippen LogP contribution in [0.25, 0.3) is 16.9 Å². The van der Waals surface area contributed by atoms with Crippen molar-refractivity contribution >= 4 is 17.4 Å². The first-order valence-electron chi connectivity index (χ1n) is 13.1. The van der Waals surface area contributed by atoms with Gasteiger partial charge in [-0.05, 0) is 70.9 Å². The van der Waals surface area contributed by atoms with Crippen molar-refractivity contribution in [1.29, 1.82) is 0 Å². The number of aliphatic carboxylic acids is 1. The second-order valence-electron chi connectivity index (χ2n) is 12.1. The third kappa shape index (κ3) is 7.43. The molecule has 1 aliphatic heterocycles. The molecule has 0 saturated heterocycles. The van der Waals surface area contributed by atoms with E-state index in [0.29, 0.717) is 52.8 Å². The average Bonchev–Trinajstić information content (AvgIpc) is 3.17. The largest absolute Gasteiger partial charge is 0.490 e. The molecule has 0 unspecified atom stereocenters. The van der Waals surface area contributed by atoms with E-state index in [1.807, 2.05) is 13.0 Å². The maximum absolute atomic E-state index is 15.1. The summed E-state index contributed by atoms with van der Waals surface area (Å²) in [6, 6.07) is 3.28. The molecule has 2 aromatic heterocycles. The maximum Gasteiger partial charge on any atom is 0.307 e. The molecular weight excluding hydrogens is 487 g/mol. The summed E-state index contributed by atoms with van der Waals surface area (Å²) in [5, 5.41) is 26.1. The molecule has 0 amide bonds. The Morgan fingerprint density at radius 3 is 2.45 bits per heavy atom. The molecule has 1 aromatic carbocycles. The number of aliphatic hydroxyl groups is 1. The third-order valence-electron chi connectivity index (χ3n) is 6.11. The SMILES string of the molecule is CC(C)(C)O.Cc1nc2cc(NCCC(C)(C)C)nn2c(-c2cc(F)c3c(c2C)CCCO3)c1CC(=O)O. The van der Waals surface area contributed by atoms with Gasteiger partial charge in [0, 0.05) is 35.0 Å². The van der Waals surface area contributed by atoms with Crippen LogP contribution in [0.4, 0.5) is 10.2 Å². The van der Waals surface area contributed by atoms with Crippen LogP contribution in [0.2, 0.25) is 0 Å². The smallest absolute Gasteiger partial charge is 0.307 e. The minimum atomic E-state index is -0.976. The van der Waals surface area contributed by atoms with Gasteiger partial charge in [0.25, 0.3) is 0 Å². The van der Waals surface area contributed by atoms with E-state index in [9.17, 15) is 9.90 Å². The van der Waals surface area contributed by atoms with E-state index in [1.165, 1.54) is 6.07 Å². The van der Waals surface area contributed by atoms with E-state index in [-0.39, 0.29) is 11.8 Å². The number of ether oxygens (including phenoxy) is 1. The Hall–Kier alpha value is -3.20. The fourth-order valence-electron chi connectivity index (χ4n) is 4.35. The molecule has 0 fully saturated rings. The van der Waals surface area contributed by atoms with Gasteiger partial charge >= 0.3 is 5.97 Å². The van der Waals surface area contributed by atoms with Gasteiger partial charge < -0.3 is 20.3 Å². The van der Waals surface area contributed by atoms with Crippen LogP contribution in [0.1, 0.15) is 76.8 Å². The highest BCUT2D eigenvalue weighted by atomic mass is 19.1. The molecule has 4 rings (SSSR count). The van der Waals surface area contributed by atoms with E-state index in [2.05, 4.69) is 31.1 Å². The lowest BCUT2D eigenvalue weighted by atomic mass is 9.91. The number of rotatable bonds is 6. The minimum absolute atomic E-state index is 0.181. The van der Waals surface area contributed by atoms with E-state index >= 15 is 4.39 Å². The highest BCUT2D eigenvalue weighted by molar-refractivity contribution is 5.79. The van der Waals surface area contributed by atoms with E-state index in [1.54, 1.807) is 32.2 Å². The molecule has 1 aliphatic rings. The number of fused-ring (bicyclic) bond motifs is 2. The highest BCUT2D eigenvalue weighted by Gasteiger charge is 2.26. The zero-order valence-corrected chi connectivity index (χ0v) is 23.8. The van der Waals surface area contributed by atoms with E-state index < -0.39 is 17.4 Å². The van der Waals surface area contributed by atoms with Gasteiger partial charge in [-0.25, -0.2) is 13.9 Å². The molecule has 0 spiro atoms. The summed E-state index contributed by atoms with van der Waals surface area (Å²) >= 11 is 0. The number of aromatic nitrogens is 3. The Labute approximate surface area is 224 Å². The van der Waals surface area contributed by atoms with Crippen molar-refractivity contribution < 1.29 is 24.1 Å². The molecule has 0 bridgehead atoms. The van der Waals surface area contributed by atoms with Crippen LogP contribution >= 0.6 is 0 Å². The Kier molecular flexibility index (Phi) is 8.71. The summed E-state index contributed by atoms with van der Waals surface area (Å²) in [6.45, 7) is 16.7. The average molecular weight is 529 g/mol. The third-order valence-corrected chi connectivity index (χ3v) is 6.11. The van der Waals surface area contributed by atoms with E-state index in [0.717, 1.165) is 30.5 Å². The molecule has 3 aromatic rings. The molecule has 3 N–H and O–H groups in total. The van der Waals surface area contributed by atoms with Gasteiger partial charge in [-0.3, -0.25) is 4.79 Å². The number of carboxylic acids is 1. The number of halogens is 1. The molecule has 0 aliphatic carbocycles. The minimum Gasteiger partial charge on any atom is -0.490 e. The van der Waals surface area contributed by atoms with Gasteiger partial charge in [-0.1, -0.05) is 20.8 Å².